The highest BCUT2D eigenvalue weighted by atomic mass is 16.6. The van der Waals surface area contributed by atoms with Crippen molar-refractivity contribution in [3.63, 3.8) is 0 Å². The molecule has 0 bridgehead atoms. The molecule has 0 aliphatic rings. The maximum Gasteiger partial charge on any atom is 0.306 e. The fraction of sp³-hybridized carbons (Fsp3) is 0.610. The minimum atomic E-state index is -0.832. The normalized spacial score (nSPS) is 13.1. The zero-order valence-corrected chi connectivity index (χ0v) is 41.7. The van der Waals surface area contributed by atoms with Crippen LogP contribution in [0, 0.1) is 0 Å². The van der Waals surface area contributed by atoms with Crippen LogP contribution in [0.3, 0.4) is 0 Å². The van der Waals surface area contributed by atoms with Crippen molar-refractivity contribution in [1.29, 1.82) is 0 Å². The maximum atomic E-state index is 12.8. The van der Waals surface area contributed by atoms with Crippen molar-refractivity contribution < 1.29 is 28.6 Å². The van der Waals surface area contributed by atoms with Crippen LogP contribution in [-0.2, 0) is 28.6 Å². The number of esters is 3. The first-order chi connectivity index (χ1) is 32.0. The van der Waals surface area contributed by atoms with E-state index in [1.165, 1.54) is 83.5 Å². The SMILES string of the molecule is CC\C=C/C=C\C=C/C=C\C=C\C=C/CCCCCC(=O)OCC(COC(=O)CCCCC/C=C\CCCCCCCC)OC(=O)CCC/C=C\C/C=C\C/C=C\CCCCCCCC. The van der Waals surface area contributed by atoms with E-state index in [4.69, 9.17) is 14.2 Å². The van der Waals surface area contributed by atoms with E-state index in [1.54, 1.807) is 0 Å². The second-order valence-electron chi connectivity index (χ2n) is 16.8. The van der Waals surface area contributed by atoms with E-state index in [2.05, 4.69) is 81.5 Å². The molecular weight excluding hydrogens is 805 g/mol. The number of carbonyl (C=O) groups excluding carboxylic acids is 3. The average Bonchev–Trinajstić information content (AvgIpc) is 3.30. The topological polar surface area (TPSA) is 78.9 Å². The molecule has 0 fully saturated rings. The Hall–Kier alpha value is -4.19. The van der Waals surface area contributed by atoms with Crippen molar-refractivity contribution in [1.82, 2.24) is 0 Å². The van der Waals surface area contributed by atoms with E-state index >= 15 is 0 Å². The summed E-state index contributed by atoms with van der Waals surface area (Å²) in [5.74, 6) is -1.04. The van der Waals surface area contributed by atoms with Gasteiger partial charge in [-0.25, -0.2) is 0 Å². The van der Waals surface area contributed by atoms with E-state index in [1.807, 2.05) is 60.8 Å². The van der Waals surface area contributed by atoms with Crippen molar-refractivity contribution in [2.75, 3.05) is 13.2 Å². The van der Waals surface area contributed by atoms with E-state index in [0.717, 1.165) is 77.0 Å². The van der Waals surface area contributed by atoms with Gasteiger partial charge in [0.25, 0.3) is 0 Å². The number of allylic oxidation sites excluding steroid dienone is 20. The van der Waals surface area contributed by atoms with Crippen LogP contribution < -0.4 is 0 Å². The smallest absolute Gasteiger partial charge is 0.306 e. The highest BCUT2D eigenvalue weighted by Gasteiger charge is 2.19. The van der Waals surface area contributed by atoms with Crippen LogP contribution in [-0.4, -0.2) is 37.2 Å². The van der Waals surface area contributed by atoms with Gasteiger partial charge in [0.15, 0.2) is 6.10 Å². The molecule has 0 aliphatic heterocycles. The molecule has 0 saturated carbocycles. The standard InChI is InChI=1S/C59H94O6/c1-4-7-10-13-16-19-22-25-27-29-31-34-37-40-43-46-49-52-58(61)64-55-56(54-63-57(60)51-48-45-42-39-36-33-24-21-18-15-12-9-6-3)65-59(62)53-50-47-44-41-38-35-32-30-28-26-23-20-17-14-11-8-5-2/h7,10,13,16,19,22,25-29,31-37,41,44,56H,4-6,8-9,11-12,14-15,17-18,20-21,23-24,30,38-40,42-43,45-55H2,1-3H3/b10-7-,16-13-,22-19-,27-25-,28-26-,31-29+,35-32-,36-33-,37-34-,44-41-. The Kier molecular flexibility index (Phi) is 49.1. The van der Waals surface area contributed by atoms with Crippen LogP contribution in [0.4, 0.5) is 0 Å². The largest absolute Gasteiger partial charge is 0.462 e. The summed E-state index contributed by atoms with van der Waals surface area (Å²) in [6.45, 7) is 6.37. The number of ether oxygens (including phenoxy) is 3. The van der Waals surface area contributed by atoms with Crippen LogP contribution in [0.15, 0.2) is 122 Å². The number of unbranched alkanes of at least 4 members (excludes halogenated alkanes) is 19. The Morgan fingerprint density at radius 1 is 0.338 bits per heavy atom. The molecule has 0 rings (SSSR count). The minimum Gasteiger partial charge on any atom is -0.462 e. The third kappa shape index (κ3) is 50.7. The van der Waals surface area contributed by atoms with Gasteiger partial charge in [0.2, 0.25) is 0 Å². The molecule has 6 nitrogen and oxygen atoms in total. The summed E-state index contributed by atoms with van der Waals surface area (Å²) in [6.07, 6.45) is 71.8. The van der Waals surface area contributed by atoms with Gasteiger partial charge in [-0.3, -0.25) is 14.4 Å². The summed E-state index contributed by atoms with van der Waals surface area (Å²) in [7, 11) is 0. The predicted octanol–water partition coefficient (Wildman–Crippen LogP) is 17.3. The van der Waals surface area contributed by atoms with Gasteiger partial charge in [-0.1, -0.05) is 219 Å². The minimum absolute atomic E-state index is 0.124. The van der Waals surface area contributed by atoms with Gasteiger partial charge in [-0.05, 0) is 96.3 Å². The van der Waals surface area contributed by atoms with Crippen LogP contribution in [0.25, 0.3) is 0 Å². The highest BCUT2D eigenvalue weighted by molar-refractivity contribution is 5.71. The number of carbonyl (C=O) groups is 3. The molecule has 0 N–H and O–H groups in total. The third-order valence-corrected chi connectivity index (χ3v) is 10.6. The van der Waals surface area contributed by atoms with Crippen LogP contribution >= 0.6 is 0 Å². The van der Waals surface area contributed by atoms with Crippen molar-refractivity contribution >= 4 is 17.9 Å². The van der Waals surface area contributed by atoms with Gasteiger partial charge in [-0.15, -0.1) is 0 Å². The molecule has 0 heterocycles. The summed E-state index contributed by atoms with van der Waals surface area (Å²) in [5, 5.41) is 0. The van der Waals surface area contributed by atoms with Gasteiger partial charge in [-0.2, -0.15) is 0 Å². The van der Waals surface area contributed by atoms with Gasteiger partial charge in [0, 0.05) is 19.3 Å². The summed E-state index contributed by atoms with van der Waals surface area (Å²) in [6, 6.07) is 0. The molecule has 0 spiro atoms. The van der Waals surface area contributed by atoms with Gasteiger partial charge in [0.1, 0.15) is 13.2 Å². The number of rotatable bonds is 45. The Balaban J connectivity index is 4.60. The lowest BCUT2D eigenvalue weighted by Crippen LogP contribution is -2.30. The summed E-state index contributed by atoms with van der Waals surface area (Å²) in [5.41, 5.74) is 0. The first-order valence-corrected chi connectivity index (χ1v) is 26.1. The quantitative estimate of drug-likeness (QED) is 0.0199. The molecule has 1 unspecified atom stereocenters. The molecule has 0 radical (unpaired) electrons. The molecule has 65 heavy (non-hydrogen) atoms. The lowest BCUT2D eigenvalue weighted by molar-refractivity contribution is -0.167. The fourth-order valence-corrected chi connectivity index (χ4v) is 6.66. The Labute approximate surface area is 399 Å². The van der Waals surface area contributed by atoms with Gasteiger partial charge in [0.05, 0.1) is 0 Å². The predicted molar refractivity (Wildman–Crippen MR) is 279 cm³/mol. The monoisotopic (exact) mass is 899 g/mol. The van der Waals surface area contributed by atoms with Crippen molar-refractivity contribution in [2.24, 2.45) is 0 Å². The van der Waals surface area contributed by atoms with Crippen LogP contribution in [0.1, 0.15) is 213 Å². The molecule has 0 aromatic carbocycles. The molecule has 0 aromatic heterocycles. The Morgan fingerprint density at radius 3 is 1.14 bits per heavy atom. The van der Waals surface area contributed by atoms with Gasteiger partial charge >= 0.3 is 17.9 Å². The van der Waals surface area contributed by atoms with E-state index < -0.39 is 6.10 Å². The zero-order chi connectivity index (χ0) is 47.2. The fourth-order valence-electron chi connectivity index (χ4n) is 6.66. The Morgan fingerprint density at radius 2 is 0.677 bits per heavy atom. The first kappa shape index (κ1) is 60.8. The first-order valence-electron chi connectivity index (χ1n) is 26.1. The second kappa shape index (κ2) is 52.4. The summed E-state index contributed by atoms with van der Waals surface area (Å²) < 4.78 is 16.7. The van der Waals surface area contributed by atoms with Crippen LogP contribution in [0.5, 0.6) is 0 Å². The molecule has 366 valence electrons. The van der Waals surface area contributed by atoms with Gasteiger partial charge < -0.3 is 14.2 Å². The molecule has 1 atom stereocenters. The molecule has 0 saturated heterocycles. The summed E-state index contributed by atoms with van der Waals surface area (Å²) >= 11 is 0. The lowest BCUT2D eigenvalue weighted by atomic mass is 10.1. The summed E-state index contributed by atoms with van der Waals surface area (Å²) in [4.78, 5) is 38.0. The highest BCUT2D eigenvalue weighted by Crippen LogP contribution is 2.12. The number of hydrogen-bond donors (Lipinski definition) is 0. The van der Waals surface area contributed by atoms with Crippen molar-refractivity contribution in [2.45, 2.75) is 219 Å². The average molecular weight is 899 g/mol. The van der Waals surface area contributed by atoms with Crippen molar-refractivity contribution in [3.8, 4) is 0 Å². The zero-order valence-electron chi connectivity index (χ0n) is 41.7. The lowest BCUT2D eigenvalue weighted by Gasteiger charge is -2.18. The van der Waals surface area contributed by atoms with E-state index in [9.17, 15) is 14.4 Å². The Bertz CT molecular complexity index is 1400. The van der Waals surface area contributed by atoms with Crippen molar-refractivity contribution in [3.05, 3.63) is 122 Å². The molecule has 0 amide bonds. The number of hydrogen-bond acceptors (Lipinski definition) is 6. The maximum absolute atomic E-state index is 12.8. The molecular formula is C59H94O6. The molecule has 0 aromatic rings. The van der Waals surface area contributed by atoms with Crippen LogP contribution in [0.2, 0.25) is 0 Å². The third-order valence-electron chi connectivity index (χ3n) is 10.6. The molecule has 6 heteroatoms. The van der Waals surface area contributed by atoms with E-state index in [0.29, 0.717) is 19.3 Å². The van der Waals surface area contributed by atoms with E-state index in [-0.39, 0.29) is 44.0 Å². The molecule has 0 aliphatic carbocycles. The second-order valence-corrected chi connectivity index (χ2v) is 16.8.